The predicted molar refractivity (Wildman–Crippen MR) is 114 cm³/mol. The summed E-state index contributed by atoms with van der Waals surface area (Å²) in [5.74, 6) is 0.583. The Balaban J connectivity index is 0.00000182. The fraction of sp³-hybridized carbons (Fsp3) is 0.263. The van der Waals surface area contributed by atoms with Crippen LogP contribution < -0.4 is 5.73 Å². The van der Waals surface area contributed by atoms with E-state index in [9.17, 15) is 4.79 Å². The van der Waals surface area contributed by atoms with Gasteiger partial charge in [-0.1, -0.05) is 36.4 Å². The first-order valence-corrected chi connectivity index (χ1v) is 9.14. The second kappa shape index (κ2) is 11.8. The molecule has 2 N–H and O–H groups in total. The van der Waals surface area contributed by atoms with Crippen LogP contribution in [0.2, 0.25) is 0 Å². The molecule has 8 heteroatoms. The molecule has 0 bridgehead atoms. The first-order valence-electron chi connectivity index (χ1n) is 8.26. The monoisotopic (exact) mass is 427 g/mol. The third-order valence-corrected chi connectivity index (χ3v) is 4.74. The maximum Gasteiger partial charge on any atom is 0.236 e. The molecular weight excluding hydrogens is 405 g/mol. The number of thiophene rings is 1. The first-order chi connectivity index (χ1) is 12.3. The van der Waals surface area contributed by atoms with Crippen molar-refractivity contribution < 1.29 is 9.21 Å². The number of nitrogens with zero attached hydrogens (tertiary/aromatic N) is 2. The van der Waals surface area contributed by atoms with E-state index in [0.717, 1.165) is 11.3 Å². The minimum absolute atomic E-state index is 0. The van der Waals surface area contributed by atoms with E-state index >= 15 is 0 Å². The van der Waals surface area contributed by atoms with Crippen LogP contribution in [0.1, 0.15) is 11.3 Å². The number of amides is 1. The molecule has 0 aliphatic carbocycles. The Morgan fingerprint density at radius 1 is 1.11 bits per heavy atom. The summed E-state index contributed by atoms with van der Waals surface area (Å²) in [7, 11) is 0. The van der Waals surface area contributed by atoms with E-state index in [0.29, 0.717) is 31.2 Å². The number of aromatic nitrogens is 1. The van der Waals surface area contributed by atoms with Crippen LogP contribution in [0, 0.1) is 0 Å². The van der Waals surface area contributed by atoms with E-state index in [4.69, 9.17) is 10.2 Å². The molecule has 146 valence electrons. The van der Waals surface area contributed by atoms with Crippen molar-refractivity contribution >= 4 is 42.1 Å². The number of nitrogens with two attached hydrogens (primary N) is 1. The van der Waals surface area contributed by atoms with Gasteiger partial charge in [0.25, 0.3) is 0 Å². The molecule has 0 fully saturated rings. The van der Waals surface area contributed by atoms with Gasteiger partial charge in [0.2, 0.25) is 11.8 Å². The van der Waals surface area contributed by atoms with Gasteiger partial charge < -0.3 is 15.1 Å². The summed E-state index contributed by atoms with van der Waals surface area (Å²) in [4.78, 5) is 19.8. The Morgan fingerprint density at radius 2 is 1.89 bits per heavy atom. The van der Waals surface area contributed by atoms with E-state index in [1.807, 2.05) is 35.7 Å². The van der Waals surface area contributed by atoms with E-state index in [1.165, 1.54) is 5.56 Å². The van der Waals surface area contributed by atoms with Gasteiger partial charge in [-0.25, -0.2) is 4.98 Å². The lowest BCUT2D eigenvalue weighted by atomic mass is 10.1. The first kappa shape index (κ1) is 23.2. The van der Waals surface area contributed by atoms with E-state index < -0.39 is 0 Å². The largest absolute Gasteiger partial charge is 0.444 e. The minimum Gasteiger partial charge on any atom is -0.444 e. The molecule has 27 heavy (non-hydrogen) atoms. The number of benzene rings is 1. The summed E-state index contributed by atoms with van der Waals surface area (Å²) < 4.78 is 5.48. The zero-order valence-electron chi connectivity index (χ0n) is 14.7. The van der Waals surface area contributed by atoms with Crippen LogP contribution in [0.25, 0.3) is 10.8 Å². The topological polar surface area (TPSA) is 72.4 Å². The lowest BCUT2D eigenvalue weighted by Gasteiger charge is -2.21. The van der Waals surface area contributed by atoms with Gasteiger partial charge in [-0.05, 0) is 23.4 Å². The van der Waals surface area contributed by atoms with Crippen LogP contribution in [0.15, 0.2) is 58.5 Å². The van der Waals surface area contributed by atoms with Gasteiger partial charge in [0.1, 0.15) is 6.26 Å². The predicted octanol–water partition coefficient (Wildman–Crippen LogP) is 3.82. The average Bonchev–Trinajstić information content (AvgIpc) is 3.31. The third-order valence-electron chi connectivity index (χ3n) is 3.88. The minimum atomic E-state index is 0. The van der Waals surface area contributed by atoms with Crippen molar-refractivity contribution in [3.05, 3.63) is 65.4 Å². The fourth-order valence-electron chi connectivity index (χ4n) is 2.59. The second-order valence-corrected chi connectivity index (χ2v) is 6.65. The van der Waals surface area contributed by atoms with Crippen LogP contribution in [0.3, 0.4) is 0 Å². The second-order valence-electron chi connectivity index (χ2n) is 5.70. The highest BCUT2D eigenvalue weighted by Gasteiger charge is 2.16. The van der Waals surface area contributed by atoms with Crippen LogP contribution in [0.5, 0.6) is 0 Å². The van der Waals surface area contributed by atoms with Crippen LogP contribution in [-0.2, 0) is 17.6 Å². The summed E-state index contributed by atoms with van der Waals surface area (Å²) in [6, 6.07) is 14.0. The van der Waals surface area contributed by atoms with Gasteiger partial charge in [0.05, 0.1) is 17.0 Å². The lowest BCUT2D eigenvalue weighted by Crippen LogP contribution is -2.37. The molecule has 1 aromatic carbocycles. The Bertz CT molecular complexity index is 794. The van der Waals surface area contributed by atoms with E-state index in [2.05, 4.69) is 17.1 Å². The summed E-state index contributed by atoms with van der Waals surface area (Å²) in [5, 5.41) is 1.97. The van der Waals surface area contributed by atoms with Crippen molar-refractivity contribution in [2.45, 2.75) is 12.8 Å². The van der Waals surface area contributed by atoms with Crippen LogP contribution in [-0.4, -0.2) is 35.4 Å². The lowest BCUT2D eigenvalue weighted by molar-refractivity contribution is -0.130. The summed E-state index contributed by atoms with van der Waals surface area (Å²) in [5.41, 5.74) is 7.53. The molecule has 0 saturated carbocycles. The number of carbonyl (C=O) groups is 1. The molecule has 0 radical (unpaired) electrons. The number of carbonyl (C=O) groups excluding carboxylic acids is 1. The van der Waals surface area contributed by atoms with Crippen molar-refractivity contribution in [2.24, 2.45) is 5.73 Å². The Kier molecular flexibility index (Phi) is 10.1. The van der Waals surface area contributed by atoms with Gasteiger partial charge in [0, 0.05) is 19.6 Å². The zero-order valence-corrected chi connectivity index (χ0v) is 17.2. The number of rotatable bonds is 8. The van der Waals surface area contributed by atoms with E-state index in [1.54, 1.807) is 22.5 Å². The van der Waals surface area contributed by atoms with Crippen LogP contribution >= 0.6 is 36.2 Å². The van der Waals surface area contributed by atoms with Crippen molar-refractivity contribution in [1.82, 2.24) is 9.88 Å². The summed E-state index contributed by atoms with van der Waals surface area (Å²) >= 11 is 1.56. The van der Waals surface area contributed by atoms with Crippen molar-refractivity contribution in [1.29, 1.82) is 0 Å². The molecular formula is C19H23Cl2N3O2S. The summed E-state index contributed by atoms with van der Waals surface area (Å²) in [6.45, 7) is 1.64. The van der Waals surface area contributed by atoms with Crippen molar-refractivity contribution in [2.75, 3.05) is 19.6 Å². The van der Waals surface area contributed by atoms with Gasteiger partial charge in [0.15, 0.2) is 0 Å². The highest BCUT2D eigenvalue weighted by molar-refractivity contribution is 7.13. The number of halogens is 2. The molecule has 0 saturated heterocycles. The molecule has 0 aliphatic heterocycles. The Hall–Kier alpha value is -1.86. The average molecular weight is 428 g/mol. The number of hydrogen-bond acceptors (Lipinski definition) is 5. The van der Waals surface area contributed by atoms with Gasteiger partial charge in [-0.15, -0.1) is 36.2 Å². The van der Waals surface area contributed by atoms with E-state index in [-0.39, 0.29) is 37.1 Å². The van der Waals surface area contributed by atoms with Crippen molar-refractivity contribution in [3.8, 4) is 10.8 Å². The Morgan fingerprint density at radius 3 is 2.56 bits per heavy atom. The molecule has 0 aliphatic rings. The smallest absolute Gasteiger partial charge is 0.236 e. The van der Waals surface area contributed by atoms with Gasteiger partial charge in [-0.2, -0.15) is 0 Å². The molecule has 0 unspecified atom stereocenters. The third kappa shape index (κ3) is 6.66. The Labute approximate surface area is 175 Å². The maximum atomic E-state index is 12.6. The molecule has 3 rings (SSSR count). The quantitative estimate of drug-likeness (QED) is 0.592. The highest BCUT2D eigenvalue weighted by Crippen LogP contribution is 2.23. The molecule has 2 heterocycles. The normalized spacial score (nSPS) is 9.96. The molecule has 3 aromatic rings. The number of hydrogen-bond donors (Lipinski definition) is 1. The number of oxazole rings is 1. The molecule has 5 nitrogen and oxygen atoms in total. The zero-order chi connectivity index (χ0) is 17.5. The molecule has 0 atom stereocenters. The van der Waals surface area contributed by atoms with Crippen molar-refractivity contribution in [3.63, 3.8) is 0 Å². The van der Waals surface area contributed by atoms with Crippen LogP contribution in [0.4, 0.5) is 0 Å². The standard InChI is InChI=1S/C19H21N3O2S.2ClH/c20-9-11-22(10-8-15-5-2-1-3-6-15)18(23)13-16-14-24-19(21-16)17-7-4-12-25-17;;/h1-7,12,14H,8-11,13,20H2;2*1H. The molecule has 1 amide bonds. The molecule has 2 aromatic heterocycles. The maximum absolute atomic E-state index is 12.6. The highest BCUT2D eigenvalue weighted by atomic mass is 35.5. The fourth-order valence-corrected chi connectivity index (χ4v) is 3.25. The summed E-state index contributed by atoms with van der Waals surface area (Å²) in [6.07, 6.45) is 2.60. The SMILES string of the molecule is Cl.Cl.NCCN(CCc1ccccc1)C(=O)Cc1coc(-c2cccs2)n1. The van der Waals surface area contributed by atoms with Gasteiger partial charge in [-0.3, -0.25) is 4.79 Å². The van der Waals surface area contributed by atoms with Gasteiger partial charge >= 0.3 is 0 Å². The molecule has 0 spiro atoms.